The van der Waals surface area contributed by atoms with E-state index in [2.05, 4.69) is 11.9 Å². The Morgan fingerprint density at radius 2 is 2.06 bits per heavy atom. The van der Waals surface area contributed by atoms with Crippen molar-refractivity contribution < 1.29 is 19.7 Å². The number of piperidine rings is 1. The molecule has 1 saturated heterocycles. The second-order valence-corrected chi connectivity index (χ2v) is 9.49. The number of rotatable bonds is 1. The molecule has 6 nitrogen and oxygen atoms in total. The number of pyridine rings is 1. The van der Waals surface area contributed by atoms with Crippen LogP contribution in [0.3, 0.4) is 0 Å². The number of benzene rings is 2. The highest BCUT2D eigenvalue weighted by Crippen LogP contribution is 2.69. The molecule has 0 amide bonds. The van der Waals surface area contributed by atoms with E-state index in [1.165, 1.54) is 0 Å². The number of para-hydroxylation sites is 1. The van der Waals surface area contributed by atoms with Gasteiger partial charge in [-0.1, -0.05) is 18.2 Å². The van der Waals surface area contributed by atoms with Gasteiger partial charge in [0.2, 0.25) is 0 Å². The molecule has 2 N–H and O–H groups in total. The van der Waals surface area contributed by atoms with E-state index in [4.69, 9.17) is 14.5 Å². The highest BCUT2D eigenvalue weighted by atomic mass is 16.5. The molecule has 31 heavy (non-hydrogen) atoms. The van der Waals surface area contributed by atoms with Gasteiger partial charge in [-0.3, -0.25) is 0 Å². The van der Waals surface area contributed by atoms with Gasteiger partial charge in [0, 0.05) is 29.0 Å². The second kappa shape index (κ2) is 5.50. The van der Waals surface area contributed by atoms with E-state index in [9.17, 15) is 10.2 Å². The van der Waals surface area contributed by atoms with E-state index in [0.29, 0.717) is 12.2 Å². The molecule has 2 aliphatic carbocycles. The van der Waals surface area contributed by atoms with E-state index in [1.807, 2.05) is 30.3 Å². The molecule has 2 aliphatic heterocycles. The van der Waals surface area contributed by atoms with Gasteiger partial charge in [-0.25, -0.2) is 4.98 Å². The number of hydrogen-bond donors (Lipinski definition) is 2. The zero-order valence-corrected chi connectivity index (χ0v) is 17.6. The Labute approximate surface area is 180 Å². The minimum atomic E-state index is -1.04. The number of phenols is 1. The maximum Gasteiger partial charge on any atom is 0.166 e. The molecule has 4 aliphatic rings. The monoisotopic (exact) mass is 416 g/mol. The first-order valence-electron chi connectivity index (χ1n) is 10.9. The third-order valence-corrected chi connectivity index (χ3v) is 8.35. The summed E-state index contributed by atoms with van der Waals surface area (Å²) >= 11 is 0. The van der Waals surface area contributed by atoms with E-state index < -0.39 is 17.1 Å². The van der Waals surface area contributed by atoms with Crippen LogP contribution in [0.2, 0.25) is 0 Å². The lowest BCUT2D eigenvalue weighted by molar-refractivity contribution is -0.168. The summed E-state index contributed by atoms with van der Waals surface area (Å²) in [6.07, 6.45) is 1.47. The van der Waals surface area contributed by atoms with Gasteiger partial charge in [0.15, 0.2) is 17.6 Å². The highest BCUT2D eigenvalue weighted by Gasteiger charge is 2.72. The van der Waals surface area contributed by atoms with E-state index in [-0.39, 0.29) is 11.8 Å². The summed E-state index contributed by atoms with van der Waals surface area (Å²) in [7, 11) is 3.77. The standard InChI is InChI=1S/C25H24N2O4/c1-27-10-9-24-19-13-7-8-17(28)22(19)31-23(24)20-15(12-25(24,29)18(27)11-13)21(30-2)14-5-3-4-6-16(14)26-20/h3-8,18,23,28-29H,9-12H2,1-2H3/t18-,23?,24+,25?/m1/s1. The predicted molar refractivity (Wildman–Crippen MR) is 115 cm³/mol. The number of likely N-dealkylation sites (N-methyl/N-ethyl adjacent to an activating group) is 1. The molecule has 6 heteroatoms. The van der Waals surface area contributed by atoms with E-state index in [0.717, 1.165) is 58.4 Å². The number of fused-ring (bicyclic) bond motifs is 3. The minimum absolute atomic E-state index is 0.0420. The van der Waals surface area contributed by atoms with Crippen molar-refractivity contribution >= 4 is 10.9 Å². The minimum Gasteiger partial charge on any atom is -0.504 e. The van der Waals surface area contributed by atoms with Crippen molar-refractivity contribution in [2.45, 2.75) is 42.4 Å². The number of methoxy groups -OCH3 is 1. The van der Waals surface area contributed by atoms with Crippen molar-refractivity contribution in [1.29, 1.82) is 0 Å². The number of nitrogens with zero attached hydrogens (tertiary/aromatic N) is 2. The van der Waals surface area contributed by atoms with Crippen molar-refractivity contribution in [2.75, 3.05) is 20.7 Å². The van der Waals surface area contributed by atoms with Crippen molar-refractivity contribution in [3.63, 3.8) is 0 Å². The fourth-order valence-electron chi connectivity index (χ4n) is 7.05. The second-order valence-electron chi connectivity index (χ2n) is 9.49. The lowest BCUT2D eigenvalue weighted by Crippen LogP contribution is -2.74. The number of likely N-dealkylation sites (tertiary alicyclic amines) is 1. The average molecular weight is 416 g/mol. The van der Waals surface area contributed by atoms with Gasteiger partial charge in [0.05, 0.1) is 29.3 Å². The molecule has 4 atom stereocenters. The fraction of sp³-hybridized carbons (Fsp3) is 0.400. The fourth-order valence-corrected chi connectivity index (χ4v) is 7.05. The summed E-state index contributed by atoms with van der Waals surface area (Å²) in [5, 5.41) is 24.2. The van der Waals surface area contributed by atoms with Crippen LogP contribution in [0.1, 0.15) is 34.9 Å². The molecule has 3 aromatic rings. The smallest absolute Gasteiger partial charge is 0.166 e. The van der Waals surface area contributed by atoms with Gasteiger partial charge in [-0.05, 0) is 50.2 Å². The van der Waals surface area contributed by atoms with Crippen LogP contribution in [0.5, 0.6) is 17.2 Å². The zero-order chi connectivity index (χ0) is 21.1. The quantitative estimate of drug-likeness (QED) is 0.636. The molecular formula is C25H24N2O4. The molecule has 0 radical (unpaired) electrons. The number of aromatic nitrogens is 1. The first-order chi connectivity index (χ1) is 15.0. The van der Waals surface area contributed by atoms with Crippen molar-refractivity contribution in [2.24, 2.45) is 0 Å². The molecule has 1 spiro atoms. The Kier molecular flexibility index (Phi) is 3.16. The Hall–Kier alpha value is -2.83. The normalized spacial score (nSPS) is 32.4. The Morgan fingerprint density at radius 3 is 2.90 bits per heavy atom. The summed E-state index contributed by atoms with van der Waals surface area (Å²) in [6, 6.07) is 11.6. The van der Waals surface area contributed by atoms with Crippen LogP contribution in [-0.2, 0) is 18.3 Å². The summed E-state index contributed by atoms with van der Waals surface area (Å²) in [5.41, 5.74) is 3.08. The Balaban J connectivity index is 1.61. The van der Waals surface area contributed by atoms with Crippen LogP contribution < -0.4 is 9.47 Å². The molecule has 1 fully saturated rings. The SMILES string of the molecule is COc1c2c(nc3ccccc13)C1Oc3c(O)ccc4c3[C@@]13CCN(C)[C@H](C4)C3(O)C2. The number of aromatic hydroxyl groups is 1. The molecule has 2 unspecified atom stereocenters. The van der Waals surface area contributed by atoms with Crippen molar-refractivity contribution in [1.82, 2.24) is 9.88 Å². The summed E-state index contributed by atoms with van der Waals surface area (Å²) in [6.45, 7) is 0.863. The van der Waals surface area contributed by atoms with Gasteiger partial charge in [-0.2, -0.15) is 0 Å². The molecule has 7 rings (SSSR count). The summed E-state index contributed by atoms with van der Waals surface area (Å²) in [4.78, 5) is 7.33. The van der Waals surface area contributed by atoms with Crippen LogP contribution in [0.4, 0.5) is 0 Å². The van der Waals surface area contributed by atoms with Gasteiger partial charge in [-0.15, -0.1) is 0 Å². The molecule has 3 heterocycles. The summed E-state index contributed by atoms with van der Waals surface area (Å²) in [5.74, 6) is 1.42. The predicted octanol–water partition coefficient (Wildman–Crippen LogP) is 2.87. The Bertz CT molecular complexity index is 1290. The number of hydrogen-bond acceptors (Lipinski definition) is 6. The topological polar surface area (TPSA) is 75.0 Å². The maximum atomic E-state index is 12.5. The largest absolute Gasteiger partial charge is 0.504 e. The van der Waals surface area contributed by atoms with Crippen LogP contribution in [0.25, 0.3) is 10.9 Å². The Morgan fingerprint density at radius 1 is 1.23 bits per heavy atom. The van der Waals surface area contributed by atoms with Gasteiger partial charge in [0.1, 0.15) is 5.75 Å². The molecule has 158 valence electrons. The highest BCUT2D eigenvalue weighted by molar-refractivity contribution is 5.87. The van der Waals surface area contributed by atoms with Gasteiger partial charge >= 0.3 is 0 Å². The van der Waals surface area contributed by atoms with Crippen molar-refractivity contribution in [3.8, 4) is 17.2 Å². The zero-order valence-electron chi connectivity index (χ0n) is 17.6. The van der Waals surface area contributed by atoms with Crippen LogP contribution in [0.15, 0.2) is 36.4 Å². The molecule has 2 aromatic carbocycles. The summed E-state index contributed by atoms with van der Waals surface area (Å²) < 4.78 is 12.4. The lowest BCUT2D eigenvalue weighted by Gasteiger charge is -2.62. The van der Waals surface area contributed by atoms with E-state index >= 15 is 0 Å². The molecule has 0 saturated carbocycles. The van der Waals surface area contributed by atoms with E-state index in [1.54, 1.807) is 13.2 Å². The average Bonchev–Trinajstić information content (AvgIpc) is 3.12. The molecule has 2 bridgehead atoms. The van der Waals surface area contributed by atoms with Crippen LogP contribution >= 0.6 is 0 Å². The molecular weight excluding hydrogens is 392 g/mol. The molecule has 1 aromatic heterocycles. The first-order valence-corrected chi connectivity index (χ1v) is 10.9. The van der Waals surface area contributed by atoms with Crippen LogP contribution in [0, 0.1) is 0 Å². The number of ether oxygens (including phenoxy) is 2. The first kappa shape index (κ1) is 17.8. The lowest BCUT2D eigenvalue weighted by atomic mass is 9.49. The maximum absolute atomic E-state index is 12.5. The third-order valence-electron chi connectivity index (χ3n) is 8.35. The number of phenolic OH excluding ortho intramolecular Hbond substituents is 1. The van der Waals surface area contributed by atoms with Crippen LogP contribution in [-0.4, -0.2) is 52.4 Å². The van der Waals surface area contributed by atoms with Gasteiger partial charge < -0.3 is 24.6 Å². The third kappa shape index (κ3) is 1.82. The van der Waals surface area contributed by atoms with Crippen molar-refractivity contribution in [3.05, 3.63) is 58.8 Å². The number of aliphatic hydroxyl groups is 1. The van der Waals surface area contributed by atoms with Gasteiger partial charge in [0.25, 0.3) is 0 Å².